The highest BCUT2D eigenvalue weighted by atomic mass is 14.7. The molecule has 0 radical (unpaired) electrons. The molecule has 0 fully saturated rings. The summed E-state index contributed by atoms with van der Waals surface area (Å²) in [5.74, 6) is 1.10. The Labute approximate surface area is 122 Å². The molecule has 0 saturated carbocycles. The predicted molar refractivity (Wildman–Crippen MR) is 87.6 cm³/mol. The molecule has 1 unspecified atom stereocenters. The van der Waals surface area contributed by atoms with Crippen molar-refractivity contribution < 1.29 is 0 Å². The summed E-state index contributed by atoms with van der Waals surface area (Å²) in [4.78, 5) is 4.38. The zero-order chi connectivity index (χ0) is 14.5. The standard InChI is InChI=1S/C18H26N2/c1-13(2)17-9-8-16(12-18(17)14(3)19)15-6-4-10-20-11-5-7-15/h8-10,12-13,15,19H,4-7,11H2,1-3H3. The lowest BCUT2D eigenvalue weighted by atomic mass is 9.85. The molecule has 2 heteroatoms. The molecule has 1 aromatic carbocycles. The highest BCUT2D eigenvalue weighted by molar-refractivity contribution is 5.98. The molecule has 0 spiro atoms. The quantitative estimate of drug-likeness (QED) is 0.756. The molecule has 1 heterocycles. The van der Waals surface area contributed by atoms with E-state index in [1.165, 1.54) is 30.4 Å². The first-order chi connectivity index (χ1) is 9.59. The van der Waals surface area contributed by atoms with Crippen molar-refractivity contribution in [3.05, 3.63) is 34.9 Å². The Hall–Kier alpha value is -1.44. The van der Waals surface area contributed by atoms with Crippen LogP contribution in [0.25, 0.3) is 0 Å². The smallest absolute Gasteiger partial charge is 0.0385 e. The average Bonchev–Trinajstić information content (AvgIpc) is 2.37. The maximum atomic E-state index is 8.04. The van der Waals surface area contributed by atoms with Crippen molar-refractivity contribution in [1.29, 1.82) is 5.41 Å². The lowest BCUT2D eigenvalue weighted by Crippen LogP contribution is -2.07. The molecular formula is C18H26N2. The summed E-state index contributed by atoms with van der Waals surface area (Å²) in [6.07, 6.45) is 6.73. The summed E-state index contributed by atoms with van der Waals surface area (Å²) in [7, 11) is 0. The van der Waals surface area contributed by atoms with Gasteiger partial charge in [-0.2, -0.15) is 0 Å². The maximum absolute atomic E-state index is 8.04. The number of nitrogens with one attached hydrogen (secondary N) is 1. The number of hydrogen-bond donors (Lipinski definition) is 1. The van der Waals surface area contributed by atoms with Crippen LogP contribution in [0, 0.1) is 5.41 Å². The molecule has 2 rings (SSSR count). The van der Waals surface area contributed by atoms with E-state index in [0.29, 0.717) is 17.5 Å². The third-order valence-corrected chi connectivity index (χ3v) is 4.19. The van der Waals surface area contributed by atoms with Crippen molar-refractivity contribution in [2.24, 2.45) is 4.99 Å². The third-order valence-electron chi connectivity index (χ3n) is 4.19. The SMILES string of the molecule is CC(=N)c1cc(C2CCC=NCCC2)ccc1C(C)C. The number of rotatable bonds is 3. The molecular weight excluding hydrogens is 244 g/mol. The van der Waals surface area contributed by atoms with Crippen molar-refractivity contribution in [3.8, 4) is 0 Å². The molecule has 0 aromatic heterocycles. The van der Waals surface area contributed by atoms with E-state index in [1.54, 1.807) is 0 Å². The van der Waals surface area contributed by atoms with E-state index >= 15 is 0 Å². The summed E-state index contributed by atoms with van der Waals surface area (Å²) in [5, 5.41) is 8.04. The van der Waals surface area contributed by atoms with Crippen LogP contribution in [0.5, 0.6) is 0 Å². The van der Waals surface area contributed by atoms with Crippen LogP contribution in [0.2, 0.25) is 0 Å². The van der Waals surface area contributed by atoms with Crippen molar-refractivity contribution in [3.63, 3.8) is 0 Å². The van der Waals surface area contributed by atoms with Gasteiger partial charge in [0.2, 0.25) is 0 Å². The minimum Gasteiger partial charge on any atom is -0.305 e. The topological polar surface area (TPSA) is 36.2 Å². The van der Waals surface area contributed by atoms with Gasteiger partial charge in [-0.25, -0.2) is 0 Å². The van der Waals surface area contributed by atoms with Crippen LogP contribution in [-0.4, -0.2) is 18.5 Å². The van der Waals surface area contributed by atoms with E-state index in [9.17, 15) is 0 Å². The fourth-order valence-corrected chi connectivity index (χ4v) is 3.02. The van der Waals surface area contributed by atoms with Gasteiger partial charge in [-0.3, -0.25) is 4.99 Å². The molecule has 1 atom stereocenters. The van der Waals surface area contributed by atoms with Gasteiger partial charge in [0.05, 0.1) is 0 Å². The third kappa shape index (κ3) is 3.56. The summed E-state index contributed by atoms with van der Waals surface area (Å²) in [5.41, 5.74) is 4.52. The molecule has 0 bridgehead atoms. The van der Waals surface area contributed by atoms with Crippen LogP contribution in [0.4, 0.5) is 0 Å². The van der Waals surface area contributed by atoms with Gasteiger partial charge >= 0.3 is 0 Å². The first-order valence-electron chi connectivity index (χ1n) is 7.77. The summed E-state index contributed by atoms with van der Waals surface area (Å²) in [6.45, 7) is 7.27. The molecule has 1 aliphatic rings. The van der Waals surface area contributed by atoms with Crippen LogP contribution in [0.3, 0.4) is 0 Å². The Bertz CT molecular complexity index is 500. The fraction of sp³-hybridized carbons (Fsp3) is 0.556. The molecule has 0 saturated heterocycles. The summed E-state index contributed by atoms with van der Waals surface area (Å²) < 4.78 is 0. The largest absolute Gasteiger partial charge is 0.305 e. The Morgan fingerprint density at radius 3 is 2.80 bits per heavy atom. The second-order valence-electron chi connectivity index (χ2n) is 6.13. The molecule has 1 N–H and O–H groups in total. The molecule has 0 aliphatic carbocycles. The number of nitrogens with zero attached hydrogens (tertiary/aromatic N) is 1. The predicted octanol–water partition coefficient (Wildman–Crippen LogP) is 4.93. The highest BCUT2D eigenvalue weighted by Gasteiger charge is 2.16. The zero-order valence-corrected chi connectivity index (χ0v) is 12.9. The number of aliphatic imine (C=N–C) groups is 1. The Balaban J connectivity index is 2.30. The first-order valence-corrected chi connectivity index (χ1v) is 7.77. The van der Waals surface area contributed by atoms with Gasteiger partial charge in [-0.1, -0.05) is 26.0 Å². The number of benzene rings is 1. The monoisotopic (exact) mass is 270 g/mol. The lowest BCUT2D eigenvalue weighted by molar-refractivity contribution is 0.560. The van der Waals surface area contributed by atoms with Gasteiger partial charge < -0.3 is 5.41 Å². The molecule has 0 amide bonds. The Morgan fingerprint density at radius 1 is 1.30 bits per heavy atom. The van der Waals surface area contributed by atoms with Crippen LogP contribution < -0.4 is 0 Å². The van der Waals surface area contributed by atoms with Gasteiger partial charge in [0, 0.05) is 12.3 Å². The van der Waals surface area contributed by atoms with E-state index in [4.69, 9.17) is 5.41 Å². The normalized spacial score (nSPS) is 19.7. The van der Waals surface area contributed by atoms with Crippen molar-refractivity contribution in [2.45, 2.75) is 58.3 Å². The van der Waals surface area contributed by atoms with Crippen LogP contribution in [0.15, 0.2) is 23.2 Å². The van der Waals surface area contributed by atoms with Crippen molar-refractivity contribution >= 4 is 11.9 Å². The van der Waals surface area contributed by atoms with Gasteiger partial charge in [-0.15, -0.1) is 0 Å². The molecule has 1 aliphatic heterocycles. The molecule has 2 nitrogen and oxygen atoms in total. The minimum absolute atomic E-state index is 0.476. The first kappa shape index (κ1) is 15.0. The highest BCUT2D eigenvalue weighted by Crippen LogP contribution is 2.30. The Morgan fingerprint density at radius 2 is 2.10 bits per heavy atom. The van der Waals surface area contributed by atoms with Crippen molar-refractivity contribution in [1.82, 2.24) is 0 Å². The van der Waals surface area contributed by atoms with E-state index in [-0.39, 0.29) is 0 Å². The van der Waals surface area contributed by atoms with Crippen LogP contribution in [0.1, 0.15) is 75.0 Å². The van der Waals surface area contributed by atoms with Gasteiger partial charge in [0.25, 0.3) is 0 Å². The summed E-state index contributed by atoms with van der Waals surface area (Å²) in [6, 6.07) is 6.78. The van der Waals surface area contributed by atoms with Gasteiger partial charge in [-0.05, 0) is 73.4 Å². The van der Waals surface area contributed by atoms with E-state index in [1.807, 2.05) is 6.92 Å². The average molecular weight is 270 g/mol. The van der Waals surface area contributed by atoms with E-state index in [0.717, 1.165) is 18.5 Å². The summed E-state index contributed by atoms with van der Waals surface area (Å²) >= 11 is 0. The molecule has 20 heavy (non-hydrogen) atoms. The van der Waals surface area contributed by atoms with Crippen LogP contribution in [-0.2, 0) is 0 Å². The second-order valence-corrected chi connectivity index (χ2v) is 6.13. The van der Waals surface area contributed by atoms with Gasteiger partial charge in [0.15, 0.2) is 0 Å². The molecule has 108 valence electrons. The second kappa shape index (κ2) is 6.83. The number of hydrogen-bond acceptors (Lipinski definition) is 2. The molecule has 1 aromatic rings. The van der Waals surface area contributed by atoms with E-state index < -0.39 is 0 Å². The van der Waals surface area contributed by atoms with E-state index in [2.05, 4.69) is 43.3 Å². The lowest BCUT2D eigenvalue weighted by Gasteiger charge is -2.21. The Kier molecular flexibility index (Phi) is 5.11. The minimum atomic E-state index is 0.476. The maximum Gasteiger partial charge on any atom is 0.0385 e. The fourth-order valence-electron chi connectivity index (χ4n) is 3.02. The van der Waals surface area contributed by atoms with Crippen LogP contribution >= 0.6 is 0 Å². The van der Waals surface area contributed by atoms with Crippen molar-refractivity contribution in [2.75, 3.05) is 6.54 Å². The zero-order valence-electron chi connectivity index (χ0n) is 12.9. The van der Waals surface area contributed by atoms with Gasteiger partial charge in [0.1, 0.15) is 0 Å².